The Hall–Kier alpha value is -1.56. The lowest BCUT2D eigenvalue weighted by Crippen LogP contribution is -2.29. The van der Waals surface area contributed by atoms with Crippen LogP contribution in [0.5, 0.6) is 23.0 Å². The number of rotatable bonds is 26. The van der Waals surface area contributed by atoms with E-state index >= 15 is 0 Å². The van der Waals surface area contributed by atoms with Gasteiger partial charge in [-0.3, -0.25) is 15.5 Å². The van der Waals surface area contributed by atoms with Crippen LogP contribution in [-0.2, 0) is 46.5 Å². The van der Waals surface area contributed by atoms with Crippen LogP contribution in [0.25, 0.3) is 0 Å². The maximum atomic E-state index is 11.1. The molecule has 0 radical (unpaired) electrons. The smallest absolute Gasteiger partial charge is 0.307 e. The first-order chi connectivity index (χ1) is 24.6. The number of halogens is 4. The molecule has 0 saturated carbocycles. The fourth-order valence-corrected chi connectivity index (χ4v) is 8.02. The standard InChI is InChI=1S/C32H38I4N4O11/c33-25-10-22(12-29(41)42)11-26(34)31(25)51-24-13-27(35)30(28(36)14-24)47-7-1-6-39-16-43-8-9-49-50-20-46-18-44-17-45-19-48-23-4-2-21(3-5-23)15-40-32(37)38/h2-5,10-11,13-14,39H,1,6-9,12,15-20H2,(H,41,42)(H4,37,38,40). The van der Waals surface area contributed by atoms with Crippen LogP contribution in [0.1, 0.15) is 17.5 Å². The van der Waals surface area contributed by atoms with Crippen LogP contribution >= 0.6 is 90.4 Å². The Labute approximate surface area is 350 Å². The van der Waals surface area contributed by atoms with Crippen molar-refractivity contribution in [3.63, 3.8) is 0 Å². The molecule has 0 unspecified atom stereocenters. The fraction of sp³-hybridized carbons (Fsp3) is 0.375. The molecule has 0 fully saturated rings. The van der Waals surface area contributed by atoms with Crippen molar-refractivity contribution in [1.82, 2.24) is 10.6 Å². The van der Waals surface area contributed by atoms with Gasteiger partial charge in [0, 0.05) is 13.1 Å². The van der Waals surface area contributed by atoms with E-state index in [9.17, 15) is 4.79 Å². The van der Waals surface area contributed by atoms with Crippen molar-refractivity contribution in [3.05, 3.63) is 73.9 Å². The first-order valence-electron chi connectivity index (χ1n) is 15.2. The van der Waals surface area contributed by atoms with E-state index in [0.717, 1.165) is 37.6 Å². The lowest BCUT2D eigenvalue weighted by molar-refractivity contribution is -0.349. The van der Waals surface area contributed by atoms with Gasteiger partial charge in [-0.25, -0.2) is 9.78 Å². The second kappa shape index (κ2) is 25.5. The van der Waals surface area contributed by atoms with Crippen molar-refractivity contribution >= 4 is 102 Å². The third-order valence-corrected chi connectivity index (χ3v) is 9.33. The summed E-state index contributed by atoms with van der Waals surface area (Å²) in [6, 6.07) is 14.8. The molecule has 0 bridgehead atoms. The molecule has 0 atom stereocenters. The normalized spacial score (nSPS) is 11.0. The molecule has 0 amide bonds. The summed E-state index contributed by atoms with van der Waals surface area (Å²) < 4.78 is 42.2. The third-order valence-electron chi connectivity index (χ3n) is 6.13. The molecule has 0 spiro atoms. The van der Waals surface area contributed by atoms with Gasteiger partial charge in [-0.2, -0.15) is 0 Å². The number of ether oxygens (including phenoxy) is 7. The minimum absolute atomic E-state index is 0.00883. The predicted octanol–water partition coefficient (Wildman–Crippen LogP) is 5.75. The Morgan fingerprint density at radius 2 is 1.37 bits per heavy atom. The highest BCUT2D eigenvalue weighted by molar-refractivity contribution is 14.1. The summed E-state index contributed by atoms with van der Waals surface area (Å²) in [4.78, 5) is 21.0. The lowest BCUT2D eigenvalue weighted by atomic mass is 10.1. The number of carboxylic acids is 1. The molecular weight excluding hydrogens is 1120 g/mol. The van der Waals surface area contributed by atoms with Crippen LogP contribution in [0.4, 0.5) is 0 Å². The first kappa shape index (κ1) is 43.8. The average molecular weight is 1160 g/mol. The number of carbonyl (C=O) groups is 1. The van der Waals surface area contributed by atoms with E-state index in [1.807, 2.05) is 36.4 Å². The summed E-state index contributed by atoms with van der Waals surface area (Å²) in [6.45, 7) is 2.45. The molecule has 0 aliphatic carbocycles. The van der Waals surface area contributed by atoms with Gasteiger partial charge in [0.1, 0.15) is 23.9 Å². The van der Waals surface area contributed by atoms with E-state index in [0.29, 0.717) is 50.3 Å². The molecule has 0 saturated heterocycles. The molecule has 280 valence electrons. The minimum atomic E-state index is -0.869. The molecular formula is C32H38I4N4O11. The Morgan fingerprint density at radius 3 is 2.04 bits per heavy atom. The number of carboxylic acid groups (broad SMARTS) is 1. The van der Waals surface area contributed by atoms with E-state index in [1.165, 1.54) is 0 Å². The van der Waals surface area contributed by atoms with Gasteiger partial charge in [0.05, 0.1) is 40.6 Å². The second-order valence-electron chi connectivity index (χ2n) is 10.1. The van der Waals surface area contributed by atoms with Crippen LogP contribution in [0.15, 0.2) is 48.5 Å². The van der Waals surface area contributed by atoms with Gasteiger partial charge in [-0.1, -0.05) is 12.1 Å². The average Bonchev–Trinajstić information content (AvgIpc) is 3.07. The summed E-state index contributed by atoms with van der Waals surface area (Å²) in [6.07, 6.45) is 0.745. The van der Waals surface area contributed by atoms with Crippen LogP contribution < -0.4 is 30.6 Å². The molecule has 0 aliphatic heterocycles. The van der Waals surface area contributed by atoms with Crippen molar-refractivity contribution in [3.8, 4) is 23.0 Å². The molecule has 0 heterocycles. The zero-order valence-electron chi connectivity index (χ0n) is 27.2. The SMILES string of the molecule is N=C(N)NCc1ccc(OCOCOCOCOOCCOCNCCCOc2c(I)cc(Oc3c(I)cc(CC(=O)O)cc3I)cc2I)cc1. The Kier molecular flexibility index (Phi) is 21.9. The van der Waals surface area contributed by atoms with Crippen molar-refractivity contribution in [2.24, 2.45) is 5.73 Å². The number of nitrogens with two attached hydrogens (primary N) is 1. The zero-order valence-corrected chi connectivity index (χ0v) is 35.9. The summed E-state index contributed by atoms with van der Waals surface area (Å²) in [5.74, 6) is 1.86. The maximum Gasteiger partial charge on any atom is 0.307 e. The Bertz CT molecular complexity index is 1480. The topological polar surface area (TPSA) is 194 Å². The van der Waals surface area contributed by atoms with Gasteiger partial charge < -0.3 is 49.3 Å². The maximum absolute atomic E-state index is 11.1. The highest BCUT2D eigenvalue weighted by atomic mass is 127. The Morgan fingerprint density at radius 1 is 0.725 bits per heavy atom. The quantitative estimate of drug-likeness (QED) is 0.0124. The van der Waals surface area contributed by atoms with Crippen molar-refractivity contribution < 1.29 is 52.8 Å². The summed E-state index contributed by atoms with van der Waals surface area (Å²) in [7, 11) is 0. The molecule has 0 aliphatic rings. The van der Waals surface area contributed by atoms with Gasteiger partial charge >= 0.3 is 5.97 Å². The highest BCUT2D eigenvalue weighted by Crippen LogP contribution is 2.37. The molecule has 15 nitrogen and oxygen atoms in total. The molecule has 3 aromatic rings. The number of guanidine groups is 1. The summed E-state index contributed by atoms with van der Waals surface area (Å²) in [5, 5.41) is 22.2. The third kappa shape index (κ3) is 18.4. The zero-order chi connectivity index (χ0) is 36.8. The van der Waals surface area contributed by atoms with E-state index in [2.05, 4.69) is 101 Å². The van der Waals surface area contributed by atoms with E-state index < -0.39 is 5.97 Å². The van der Waals surface area contributed by atoms with Crippen molar-refractivity contribution in [2.45, 2.75) is 19.4 Å². The van der Waals surface area contributed by atoms with Crippen LogP contribution in [-0.4, -0.2) is 77.3 Å². The number of aliphatic carboxylic acids is 1. The van der Waals surface area contributed by atoms with E-state index in [-0.39, 0.29) is 46.2 Å². The second-order valence-corrected chi connectivity index (χ2v) is 14.8. The molecule has 19 heteroatoms. The Balaban J connectivity index is 1.13. The lowest BCUT2D eigenvalue weighted by Gasteiger charge is -2.15. The summed E-state index contributed by atoms with van der Waals surface area (Å²) in [5.41, 5.74) is 6.97. The molecule has 3 rings (SSSR count). The monoisotopic (exact) mass is 1160 g/mol. The van der Waals surface area contributed by atoms with Gasteiger partial charge in [-0.15, -0.1) is 0 Å². The minimum Gasteiger partial charge on any atom is -0.491 e. The molecule has 6 N–H and O–H groups in total. The number of hydrogen-bond donors (Lipinski definition) is 5. The van der Waals surface area contributed by atoms with Gasteiger partial charge in [0.15, 0.2) is 38.9 Å². The fourth-order valence-electron chi connectivity index (χ4n) is 3.88. The molecule has 0 aromatic heterocycles. The highest BCUT2D eigenvalue weighted by Gasteiger charge is 2.15. The largest absolute Gasteiger partial charge is 0.491 e. The van der Waals surface area contributed by atoms with E-state index in [1.54, 1.807) is 12.1 Å². The van der Waals surface area contributed by atoms with Crippen LogP contribution in [0, 0.1) is 19.7 Å². The van der Waals surface area contributed by atoms with Crippen molar-refractivity contribution in [2.75, 3.05) is 60.3 Å². The first-order valence-corrected chi connectivity index (χ1v) is 19.5. The molecule has 3 aromatic carbocycles. The van der Waals surface area contributed by atoms with Crippen LogP contribution in [0.3, 0.4) is 0 Å². The number of hydrogen-bond acceptors (Lipinski definition) is 12. The van der Waals surface area contributed by atoms with Crippen LogP contribution in [0.2, 0.25) is 0 Å². The van der Waals surface area contributed by atoms with E-state index in [4.69, 9.17) is 59.2 Å². The van der Waals surface area contributed by atoms with Gasteiger partial charge in [-0.05, 0) is 144 Å². The summed E-state index contributed by atoms with van der Waals surface area (Å²) >= 11 is 8.80. The number of nitrogens with one attached hydrogen (secondary N) is 3. The number of benzene rings is 3. The van der Waals surface area contributed by atoms with Gasteiger partial charge in [0.25, 0.3) is 0 Å². The van der Waals surface area contributed by atoms with Crippen molar-refractivity contribution in [1.29, 1.82) is 5.41 Å². The van der Waals surface area contributed by atoms with Gasteiger partial charge in [0.2, 0.25) is 0 Å². The molecule has 51 heavy (non-hydrogen) atoms. The predicted molar refractivity (Wildman–Crippen MR) is 220 cm³/mol.